The number of rotatable bonds is 3. The highest BCUT2D eigenvalue weighted by atomic mass is 15.5. The summed E-state index contributed by atoms with van der Waals surface area (Å²) in [6.45, 7) is 3.63. The number of piperidine rings is 1. The van der Waals surface area contributed by atoms with Crippen molar-refractivity contribution >= 4 is 0 Å². The second-order valence-corrected chi connectivity index (χ2v) is 5.56. The van der Waals surface area contributed by atoms with Crippen LogP contribution in [0.5, 0.6) is 0 Å². The van der Waals surface area contributed by atoms with E-state index in [1.807, 2.05) is 0 Å². The molecule has 5 nitrogen and oxygen atoms in total. The van der Waals surface area contributed by atoms with E-state index < -0.39 is 0 Å². The first-order chi connectivity index (χ1) is 8.39. The van der Waals surface area contributed by atoms with E-state index in [1.165, 1.54) is 58.0 Å². The zero-order valence-electron chi connectivity index (χ0n) is 10.4. The summed E-state index contributed by atoms with van der Waals surface area (Å²) in [4.78, 5) is 2.60. The van der Waals surface area contributed by atoms with Gasteiger partial charge in [-0.1, -0.05) is 24.5 Å². The lowest BCUT2D eigenvalue weighted by molar-refractivity contribution is 0.172. The third kappa shape index (κ3) is 2.20. The van der Waals surface area contributed by atoms with Crippen LogP contribution in [0.15, 0.2) is 0 Å². The van der Waals surface area contributed by atoms with Crippen LogP contribution in [0.1, 0.15) is 50.8 Å². The number of nitrogens with zero attached hydrogens (tertiary/aromatic N) is 4. The van der Waals surface area contributed by atoms with Crippen molar-refractivity contribution in [2.24, 2.45) is 0 Å². The minimum Gasteiger partial charge on any atom is -0.302 e. The normalized spacial score (nSPS) is 25.2. The summed E-state index contributed by atoms with van der Waals surface area (Å²) in [5.74, 6) is 0.945. The number of aromatic amines is 1. The fraction of sp³-hybridized carbons (Fsp3) is 0.917. The molecule has 5 heteroatoms. The van der Waals surface area contributed by atoms with Crippen LogP contribution in [0, 0.1) is 0 Å². The van der Waals surface area contributed by atoms with E-state index >= 15 is 0 Å². The van der Waals surface area contributed by atoms with Crippen LogP contribution >= 0.6 is 0 Å². The molecule has 2 aliphatic rings. The highest BCUT2D eigenvalue weighted by Gasteiger charge is 2.40. The average Bonchev–Trinajstić information content (AvgIpc) is 3.01. The molecule has 0 atom stereocenters. The van der Waals surface area contributed by atoms with Crippen molar-refractivity contribution in [3.05, 3.63) is 5.82 Å². The minimum atomic E-state index is 0.185. The monoisotopic (exact) mass is 235 g/mol. The van der Waals surface area contributed by atoms with Crippen LogP contribution < -0.4 is 0 Å². The SMILES string of the molecule is C1CCN(CC2(c3nn[nH]n3)CCCC2)CC1. The molecule has 17 heavy (non-hydrogen) atoms. The molecule has 1 saturated carbocycles. The molecular formula is C12H21N5. The Hall–Kier alpha value is -0.970. The molecule has 1 aliphatic carbocycles. The van der Waals surface area contributed by atoms with Gasteiger partial charge in [0.25, 0.3) is 0 Å². The van der Waals surface area contributed by atoms with Gasteiger partial charge in [-0.2, -0.15) is 5.21 Å². The minimum absolute atomic E-state index is 0.185. The highest BCUT2D eigenvalue weighted by Crippen LogP contribution is 2.40. The van der Waals surface area contributed by atoms with E-state index in [9.17, 15) is 0 Å². The Morgan fingerprint density at radius 2 is 1.82 bits per heavy atom. The molecule has 0 aromatic carbocycles. The molecule has 1 N–H and O–H groups in total. The molecule has 1 aromatic rings. The number of tetrazole rings is 1. The Balaban J connectivity index is 1.75. The van der Waals surface area contributed by atoms with Crippen molar-refractivity contribution in [1.82, 2.24) is 25.5 Å². The number of aromatic nitrogens is 4. The molecule has 0 radical (unpaired) electrons. The van der Waals surface area contributed by atoms with Crippen molar-refractivity contribution in [3.63, 3.8) is 0 Å². The molecule has 0 unspecified atom stereocenters. The van der Waals surface area contributed by atoms with Gasteiger partial charge >= 0.3 is 0 Å². The molecule has 1 saturated heterocycles. The maximum atomic E-state index is 4.26. The molecule has 2 heterocycles. The summed E-state index contributed by atoms with van der Waals surface area (Å²) in [7, 11) is 0. The zero-order chi connectivity index (χ0) is 11.6. The topological polar surface area (TPSA) is 57.7 Å². The molecule has 1 aromatic heterocycles. The van der Waals surface area contributed by atoms with Gasteiger partial charge in [0.1, 0.15) is 0 Å². The van der Waals surface area contributed by atoms with Crippen molar-refractivity contribution in [3.8, 4) is 0 Å². The lowest BCUT2D eigenvalue weighted by Crippen LogP contribution is -2.42. The third-order valence-electron chi connectivity index (χ3n) is 4.36. The van der Waals surface area contributed by atoms with Gasteiger partial charge in [0.2, 0.25) is 0 Å². The van der Waals surface area contributed by atoms with Crippen molar-refractivity contribution in [1.29, 1.82) is 0 Å². The molecular weight excluding hydrogens is 214 g/mol. The van der Waals surface area contributed by atoms with Gasteiger partial charge in [0.15, 0.2) is 5.82 Å². The van der Waals surface area contributed by atoms with Crippen molar-refractivity contribution in [2.45, 2.75) is 50.4 Å². The van der Waals surface area contributed by atoms with Crippen molar-refractivity contribution in [2.75, 3.05) is 19.6 Å². The Bertz CT molecular complexity index is 336. The van der Waals surface area contributed by atoms with E-state index in [-0.39, 0.29) is 5.41 Å². The Morgan fingerprint density at radius 3 is 2.47 bits per heavy atom. The summed E-state index contributed by atoms with van der Waals surface area (Å²) < 4.78 is 0. The molecule has 0 spiro atoms. The lowest BCUT2D eigenvalue weighted by atomic mass is 9.84. The largest absolute Gasteiger partial charge is 0.302 e. The van der Waals surface area contributed by atoms with Crippen LogP contribution in [0.2, 0.25) is 0 Å². The number of nitrogens with one attached hydrogen (secondary N) is 1. The molecule has 1 aliphatic heterocycles. The summed E-state index contributed by atoms with van der Waals surface area (Å²) in [5, 5.41) is 14.9. The first kappa shape index (κ1) is 11.1. The molecule has 3 rings (SSSR count). The fourth-order valence-electron chi connectivity index (χ4n) is 3.44. The standard InChI is InChI=1S/C12H21N5/c1-4-8-17(9-5-1)10-12(6-2-3-7-12)11-13-15-16-14-11/h1-10H2,(H,13,14,15,16). The van der Waals surface area contributed by atoms with Crippen LogP contribution in [-0.2, 0) is 5.41 Å². The summed E-state index contributed by atoms with van der Waals surface area (Å²) in [6.07, 6.45) is 9.16. The average molecular weight is 235 g/mol. The maximum Gasteiger partial charge on any atom is 0.181 e. The maximum absolute atomic E-state index is 4.26. The first-order valence-electron chi connectivity index (χ1n) is 6.85. The van der Waals surface area contributed by atoms with E-state index in [0.717, 1.165) is 12.4 Å². The second-order valence-electron chi connectivity index (χ2n) is 5.56. The predicted molar refractivity (Wildman–Crippen MR) is 64.6 cm³/mol. The Morgan fingerprint density at radius 1 is 1.06 bits per heavy atom. The van der Waals surface area contributed by atoms with Gasteiger partial charge < -0.3 is 4.90 Å². The van der Waals surface area contributed by atoms with Gasteiger partial charge in [-0.15, -0.1) is 10.2 Å². The van der Waals surface area contributed by atoms with Gasteiger partial charge in [0.05, 0.1) is 0 Å². The van der Waals surface area contributed by atoms with Gasteiger partial charge in [-0.25, -0.2) is 0 Å². The quantitative estimate of drug-likeness (QED) is 0.862. The summed E-state index contributed by atoms with van der Waals surface area (Å²) in [6, 6.07) is 0. The Kier molecular flexibility index (Phi) is 3.09. The van der Waals surface area contributed by atoms with E-state index in [1.54, 1.807) is 0 Å². The van der Waals surface area contributed by atoms with Crippen LogP contribution in [-0.4, -0.2) is 45.2 Å². The van der Waals surface area contributed by atoms with Crippen LogP contribution in [0.3, 0.4) is 0 Å². The number of hydrogen-bond donors (Lipinski definition) is 1. The van der Waals surface area contributed by atoms with Crippen LogP contribution in [0.25, 0.3) is 0 Å². The van der Waals surface area contributed by atoms with Crippen molar-refractivity contribution < 1.29 is 0 Å². The van der Waals surface area contributed by atoms with E-state index in [4.69, 9.17) is 0 Å². The number of likely N-dealkylation sites (tertiary alicyclic amines) is 1. The zero-order valence-corrected chi connectivity index (χ0v) is 10.4. The summed E-state index contributed by atoms with van der Waals surface area (Å²) >= 11 is 0. The number of hydrogen-bond acceptors (Lipinski definition) is 4. The van der Waals surface area contributed by atoms with Crippen LogP contribution in [0.4, 0.5) is 0 Å². The Labute approximate surface area is 102 Å². The molecule has 0 amide bonds. The summed E-state index contributed by atoms with van der Waals surface area (Å²) in [5.41, 5.74) is 0.185. The van der Waals surface area contributed by atoms with Gasteiger partial charge in [-0.05, 0) is 38.8 Å². The smallest absolute Gasteiger partial charge is 0.181 e. The number of H-pyrrole nitrogens is 1. The van der Waals surface area contributed by atoms with E-state index in [2.05, 4.69) is 25.5 Å². The van der Waals surface area contributed by atoms with Gasteiger partial charge in [0, 0.05) is 12.0 Å². The first-order valence-corrected chi connectivity index (χ1v) is 6.85. The van der Waals surface area contributed by atoms with Gasteiger partial charge in [-0.3, -0.25) is 0 Å². The fourth-order valence-corrected chi connectivity index (χ4v) is 3.44. The van der Waals surface area contributed by atoms with E-state index in [0.29, 0.717) is 0 Å². The highest BCUT2D eigenvalue weighted by molar-refractivity contribution is 5.09. The second kappa shape index (κ2) is 4.72. The lowest BCUT2D eigenvalue weighted by Gasteiger charge is -2.35. The molecule has 94 valence electrons. The third-order valence-corrected chi connectivity index (χ3v) is 4.36. The molecule has 0 bridgehead atoms. The predicted octanol–water partition coefficient (Wildman–Crippen LogP) is 1.50. The molecule has 2 fully saturated rings.